The third-order valence-corrected chi connectivity index (χ3v) is 4.01. The molecule has 0 radical (unpaired) electrons. The molecule has 22 heavy (non-hydrogen) atoms. The van der Waals surface area contributed by atoms with Crippen LogP contribution in [0.1, 0.15) is 34.1 Å². The molecule has 0 aromatic rings. The van der Waals surface area contributed by atoms with Crippen LogP contribution in [0.25, 0.3) is 0 Å². The lowest BCUT2D eigenvalue weighted by atomic mass is 9.79. The molecule has 2 atom stereocenters. The lowest BCUT2D eigenvalue weighted by Gasteiger charge is -2.34. The van der Waals surface area contributed by atoms with E-state index < -0.39 is 11.4 Å². The maximum absolute atomic E-state index is 12.7. The van der Waals surface area contributed by atoms with E-state index >= 15 is 0 Å². The highest BCUT2D eigenvalue weighted by molar-refractivity contribution is 6.12. The van der Waals surface area contributed by atoms with Gasteiger partial charge in [-0.1, -0.05) is 13.8 Å². The minimum absolute atomic E-state index is 0.0966. The highest BCUT2D eigenvalue weighted by Gasteiger charge is 2.45. The van der Waals surface area contributed by atoms with Gasteiger partial charge in [-0.25, -0.2) is 0 Å². The van der Waals surface area contributed by atoms with Crippen molar-refractivity contribution in [2.75, 3.05) is 20.3 Å². The molecule has 0 spiro atoms. The van der Waals surface area contributed by atoms with Crippen molar-refractivity contribution >= 4 is 11.6 Å². The average Bonchev–Trinajstić information content (AvgIpc) is 2.50. The van der Waals surface area contributed by atoms with Crippen LogP contribution < -0.4 is 5.32 Å². The number of hydrogen-bond acceptors (Lipinski definition) is 6. The van der Waals surface area contributed by atoms with Gasteiger partial charge >= 0.3 is 0 Å². The summed E-state index contributed by atoms with van der Waals surface area (Å²) in [4.78, 5) is 25.1. The van der Waals surface area contributed by atoms with Crippen molar-refractivity contribution in [1.82, 2.24) is 5.32 Å². The van der Waals surface area contributed by atoms with Crippen LogP contribution in [0.4, 0.5) is 0 Å². The Morgan fingerprint density at radius 1 is 1.45 bits per heavy atom. The van der Waals surface area contributed by atoms with Gasteiger partial charge < -0.3 is 20.3 Å². The molecular formula is C16H25NO5. The minimum Gasteiger partial charge on any atom is -0.496 e. The number of ether oxygens (including phenoxy) is 1. The Kier molecular flexibility index (Phi) is 5.91. The lowest BCUT2D eigenvalue weighted by molar-refractivity contribution is -0.129. The first-order chi connectivity index (χ1) is 10.2. The Hall–Kier alpha value is -1.66. The highest BCUT2D eigenvalue weighted by atomic mass is 16.5. The normalized spacial score (nSPS) is 23.7. The van der Waals surface area contributed by atoms with Gasteiger partial charge in [-0.3, -0.25) is 9.59 Å². The second-order valence-corrected chi connectivity index (χ2v) is 5.63. The maximum atomic E-state index is 12.7. The fourth-order valence-corrected chi connectivity index (χ4v) is 2.49. The Morgan fingerprint density at radius 2 is 2.05 bits per heavy atom. The quantitative estimate of drug-likeness (QED) is 0.640. The number of ketones is 2. The summed E-state index contributed by atoms with van der Waals surface area (Å²) in [5.41, 5.74) is -1.35. The topological polar surface area (TPSA) is 95.9 Å². The fraction of sp³-hybridized carbons (Fsp3) is 0.625. The predicted octanol–water partition coefficient (Wildman–Crippen LogP) is 0.692. The third kappa shape index (κ3) is 3.08. The molecule has 3 N–H and O–H groups in total. The molecule has 0 bridgehead atoms. The second-order valence-electron chi connectivity index (χ2n) is 5.63. The van der Waals surface area contributed by atoms with Gasteiger partial charge in [-0.05, 0) is 20.3 Å². The molecule has 0 unspecified atom stereocenters. The van der Waals surface area contributed by atoms with Crippen molar-refractivity contribution in [1.29, 1.82) is 0 Å². The van der Waals surface area contributed by atoms with Crippen molar-refractivity contribution in [3.8, 4) is 0 Å². The van der Waals surface area contributed by atoms with E-state index in [-0.39, 0.29) is 47.5 Å². The summed E-state index contributed by atoms with van der Waals surface area (Å²) in [6, 6.07) is 0. The lowest BCUT2D eigenvalue weighted by Crippen LogP contribution is -2.48. The number of aliphatic hydroxyl groups is 2. The molecule has 1 aliphatic rings. The Bertz CT molecular complexity index is 531. The number of nitrogens with one attached hydrogen (secondary N) is 1. The molecule has 0 aromatic heterocycles. The molecule has 6 nitrogen and oxygen atoms in total. The SMILES string of the molecule is CC[C@@H](C)C(=O)C1=C(NCCO)[C@@](C)(O)C(=O)C(C)=C1OC. The highest BCUT2D eigenvalue weighted by Crippen LogP contribution is 2.35. The molecule has 1 rings (SSSR count). The summed E-state index contributed by atoms with van der Waals surface area (Å²) >= 11 is 0. The van der Waals surface area contributed by atoms with Crippen molar-refractivity contribution < 1.29 is 24.5 Å². The van der Waals surface area contributed by atoms with Crippen LogP contribution in [-0.4, -0.2) is 47.6 Å². The smallest absolute Gasteiger partial charge is 0.199 e. The van der Waals surface area contributed by atoms with E-state index in [1.807, 2.05) is 6.92 Å². The maximum Gasteiger partial charge on any atom is 0.199 e. The van der Waals surface area contributed by atoms with Gasteiger partial charge in [0, 0.05) is 18.0 Å². The predicted molar refractivity (Wildman–Crippen MR) is 81.9 cm³/mol. The molecule has 0 fully saturated rings. The van der Waals surface area contributed by atoms with Gasteiger partial charge in [0.25, 0.3) is 0 Å². The molecule has 0 heterocycles. The first kappa shape index (κ1) is 18.4. The number of rotatable bonds is 7. The summed E-state index contributed by atoms with van der Waals surface area (Å²) in [5.74, 6) is -0.817. The summed E-state index contributed by atoms with van der Waals surface area (Å²) in [6.07, 6.45) is 0.627. The van der Waals surface area contributed by atoms with E-state index in [1.165, 1.54) is 21.0 Å². The van der Waals surface area contributed by atoms with Crippen molar-refractivity contribution in [2.45, 2.75) is 39.7 Å². The summed E-state index contributed by atoms with van der Waals surface area (Å²) in [6.45, 7) is 6.47. The molecule has 1 aliphatic carbocycles. The molecule has 6 heteroatoms. The van der Waals surface area contributed by atoms with Gasteiger partial charge in [0.05, 0.1) is 25.0 Å². The van der Waals surface area contributed by atoms with Gasteiger partial charge in [0.15, 0.2) is 17.2 Å². The van der Waals surface area contributed by atoms with E-state index in [0.29, 0.717) is 6.42 Å². The van der Waals surface area contributed by atoms with Gasteiger partial charge in [0.1, 0.15) is 5.76 Å². The molecule has 0 aromatic carbocycles. The summed E-state index contributed by atoms with van der Waals surface area (Å²) < 4.78 is 5.27. The van der Waals surface area contributed by atoms with E-state index in [0.717, 1.165) is 0 Å². The van der Waals surface area contributed by atoms with Crippen LogP contribution in [0, 0.1) is 5.92 Å². The van der Waals surface area contributed by atoms with Gasteiger partial charge in [-0.2, -0.15) is 0 Å². The molecule has 0 saturated heterocycles. The molecule has 0 saturated carbocycles. The van der Waals surface area contributed by atoms with Crippen LogP contribution >= 0.6 is 0 Å². The summed E-state index contributed by atoms with van der Waals surface area (Å²) in [5, 5.41) is 22.4. The zero-order valence-electron chi connectivity index (χ0n) is 13.8. The van der Waals surface area contributed by atoms with Crippen molar-refractivity contribution in [2.24, 2.45) is 5.92 Å². The third-order valence-electron chi connectivity index (χ3n) is 4.01. The van der Waals surface area contributed by atoms with E-state index in [9.17, 15) is 14.7 Å². The van der Waals surface area contributed by atoms with Gasteiger partial charge in [0.2, 0.25) is 0 Å². The largest absolute Gasteiger partial charge is 0.496 e. The minimum atomic E-state index is -1.85. The van der Waals surface area contributed by atoms with Crippen LogP contribution in [-0.2, 0) is 14.3 Å². The number of carbonyl (C=O) groups excluding carboxylic acids is 2. The standard InChI is InChI=1S/C16H25NO5/c1-6-9(2)12(19)11-13(22-5)10(3)15(20)16(4,21)14(11)17-7-8-18/h9,17-18,21H,6-8H2,1-5H3/t9-,16-/m1/s1. The zero-order valence-corrected chi connectivity index (χ0v) is 13.8. The first-order valence-corrected chi connectivity index (χ1v) is 7.40. The van der Waals surface area contributed by atoms with Crippen molar-refractivity contribution in [3.63, 3.8) is 0 Å². The zero-order chi connectivity index (χ0) is 17.1. The van der Waals surface area contributed by atoms with Crippen molar-refractivity contribution in [3.05, 3.63) is 22.6 Å². The molecule has 0 amide bonds. The van der Waals surface area contributed by atoms with E-state index in [1.54, 1.807) is 6.92 Å². The number of hydrogen-bond donors (Lipinski definition) is 3. The van der Waals surface area contributed by atoms with Gasteiger partial charge in [-0.15, -0.1) is 0 Å². The number of allylic oxidation sites excluding steroid dienone is 1. The van der Waals surface area contributed by atoms with Crippen LogP contribution in [0.3, 0.4) is 0 Å². The Balaban J connectivity index is 3.58. The number of Topliss-reactive ketones (excluding diaryl/α,β-unsaturated/α-hetero) is 2. The number of methoxy groups -OCH3 is 1. The van der Waals surface area contributed by atoms with E-state index in [4.69, 9.17) is 9.84 Å². The Labute approximate surface area is 130 Å². The fourth-order valence-electron chi connectivity index (χ4n) is 2.49. The van der Waals surface area contributed by atoms with E-state index in [2.05, 4.69) is 5.32 Å². The Morgan fingerprint density at radius 3 is 2.50 bits per heavy atom. The molecule has 0 aliphatic heterocycles. The average molecular weight is 311 g/mol. The number of carbonyl (C=O) groups is 2. The number of aliphatic hydroxyl groups excluding tert-OH is 1. The monoisotopic (exact) mass is 311 g/mol. The second kappa shape index (κ2) is 7.07. The molecule has 124 valence electrons. The molecular weight excluding hydrogens is 286 g/mol. The first-order valence-electron chi connectivity index (χ1n) is 7.40. The van der Waals surface area contributed by atoms with Crippen LogP contribution in [0.5, 0.6) is 0 Å². The van der Waals surface area contributed by atoms with Crippen LogP contribution in [0.2, 0.25) is 0 Å². The van der Waals surface area contributed by atoms with Crippen LogP contribution in [0.15, 0.2) is 22.6 Å². The summed E-state index contributed by atoms with van der Waals surface area (Å²) in [7, 11) is 1.39.